The Bertz CT molecular complexity index is 764. The van der Waals surface area contributed by atoms with Crippen molar-refractivity contribution in [1.29, 1.82) is 0 Å². The van der Waals surface area contributed by atoms with Crippen molar-refractivity contribution in [3.8, 4) is 0 Å². The fraction of sp³-hybridized carbons (Fsp3) is 0.118. The first kappa shape index (κ1) is 14.0. The summed E-state index contributed by atoms with van der Waals surface area (Å²) in [5, 5.41) is 10.0. The number of hydrogen-bond donors (Lipinski definition) is 1. The lowest BCUT2D eigenvalue weighted by Crippen LogP contribution is -2.31. The van der Waals surface area contributed by atoms with Crippen LogP contribution in [0.3, 0.4) is 0 Å². The number of aliphatic hydroxyl groups excluding tert-OH is 1. The maximum Gasteiger partial charge on any atom is 0.296 e. The zero-order valence-electron chi connectivity index (χ0n) is 12.0. The number of carbonyl (C=O) groups excluding carboxylic acids is 2. The minimum absolute atomic E-state index is 0.0396. The number of rotatable bonds is 3. The fourth-order valence-electron chi connectivity index (χ4n) is 2.34. The topological polar surface area (TPSA) is 70.5 Å². The van der Waals surface area contributed by atoms with Gasteiger partial charge in [-0.2, -0.15) is 0 Å². The molecular formula is C17H14N2O3. The van der Waals surface area contributed by atoms with E-state index in [1.807, 2.05) is 19.1 Å². The van der Waals surface area contributed by atoms with Crippen LogP contribution >= 0.6 is 0 Å². The van der Waals surface area contributed by atoms with E-state index in [0.29, 0.717) is 11.3 Å². The summed E-state index contributed by atoms with van der Waals surface area (Å²) >= 11 is 0. The van der Waals surface area contributed by atoms with Crippen molar-refractivity contribution >= 4 is 17.4 Å². The average molecular weight is 294 g/mol. The van der Waals surface area contributed by atoms with Gasteiger partial charge in [0, 0.05) is 6.20 Å². The van der Waals surface area contributed by atoms with E-state index in [1.54, 1.807) is 36.5 Å². The zero-order chi connectivity index (χ0) is 15.7. The van der Waals surface area contributed by atoms with Gasteiger partial charge in [-0.1, -0.05) is 35.9 Å². The molecule has 22 heavy (non-hydrogen) atoms. The SMILES string of the molecule is Cc1ccc(C2=C(O)C(=O)N(Cc3ccccn3)C2=O)cc1. The molecule has 3 rings (SSSR count). The molecule has 0 fully saturated rings. The van der Waals surface area contributed by atoms with Crippen LogP contribution in [0.25, 0.3) is 5.57 Å². The zero-order valence-corrected chi connectivity index (χ0v) is 12.0. The third kappa shape index (κ3) is 2.37. The lowest BCUT2D eigenvalue weighted by molar-refractivity contribution is -0.138. The molecule has 110 valence electrons. The Hall–Kier alpha value is -2.95. The monoisotopic (exact) mass is 294 g/mol. The molecule has 1 aromatic carbocycles. The van der Waals surface area contributed by atoms with Gasteiger partial charge >= 0.3 is 0 Å². The molecule has 0 atom stereocenters. The van der Waals surface area contributed by atoms with E-state index in [4.69, 9.17) is 0 Å². The molecule has 0 saturated heterocycles. The number of nitrogens with zero attached hydrogens (tertiary/aromatic N) is 2. The standard InChI is InChI=1S/C17H14N2O3/c1-11-5-7-12(8-6-11)14-15(20)17(22)19(16(14)21)10-13-4-2-3-9-18-13/h2-9,20H,10H2,1H3. The molecule has 1 N–H and O–H groups in total. The summed E-state index contributed by atoms with van der Waals surface area (Å²) in [4.78, 5) is 29.7. The van der Waals surface area contributed by atoms with Crippen molar-refractivity contribution in [3.05, 3.63) is 71.2 Å². The molecule has 5 heteroatoms. The first-order valence-electron chi connectivity index (χ1n) is 6.84. The normalized spacial score (nSPS) is 14.9. The second kappa shape index (κ2) is 5.44. The van der Waals surface area contributed by atoms with Crippen molar-refractivity contribution in [2.75, 3.05) is 0 Å². The van der Waals surface area contributed by atoms with E-state index in [2.05, 4.69) is 4.98 Å². The quantitative estimate of drug-likeness (QED) is 0.881. The highest BCUT2D eigenvalue weighted by molar-refractivity contribution is 6.34. The largest absolute Gasteiger partial charge is 0.502 e. The predicted octanol–water partition coefficient (Wildman–Crippen LogP) is 2.23. The Morgan fingerprint density at radius 3 is 2.41 bits per heavy atom. The van der Waals surface area contributed by atoms with E-state index in [1.165, 1.54) is 0 Å². The molecule has 0 saturated carbocycles. The van der Waals surface area contributed by atoms with Gasteiger partial charge in [-0.05, 0) is 24.6 Å². The number of aliphatic hydroxyl groups is 1. The van der Waals surface area contributed by atoms with Crippen molar-refractivity contribution < 1.29 is 14.7 Å². The number of carbonyl (C=O) groups is 2. The van der Waals surface area contributed by atoms with E-state index >= 15 is 0 Å². The van der Waals surface area contributed by atoms with Crippen molar-refractivity contribution in [3.63, 3.8) is 0 Å². The molecule has 2 aromatic rings. The van der Waals surface area contributed by atoms with Gasteiger partial charge in [0.15, 0.2) is 5.76 Å². The lowest BCUT2D eigenvalue weighted by Gasteiger charge is -2.13. The van der Waals surface area contributed by atoms with Crippen molar-refractivity contribution in [2.24, 2.45) is 0 Å². The minimum Gasteiger partial charge on any atom is -0.502 e. The highest BCUT2D eigenvalue weighted by Gasteiger charge is 2.39. The Morgan fingerprint density at radius 2 is 1.77 bits per heavy atom. The van der Waals surface area contributed by atoms with Gasteiger partial charge in [-0.15, -0.1) is 0 Å². The molecule has 0 bridgehead atoms. The second-order valence-corrected chi connectivity index (χ2v) is 5.11. The number of imide groups is 1. The number of hydrogen-bond acceptors (Lipinski definition) is 4. The van der Waals surface area contributed by atoms with Crippen LogP contribution in [-0.2, 0) is 16.1 Å². The lowest BCUT2D eigenvalue weighted by atomic mass is 10.0. The van der Waals surface area contributed by atoms with Gasteiger partial charge in [0.05, 0.1) is 17.8 Å². The molecule has 1 aromatic heterocycles. The number of pyridine rings is 1. The molecule has 1 aliphatic rings. The predicted molar refractivity (Wildman–Crippen MR) is 80.5 cm³/mol. The van der Waals surface area contributed by atoms with Gasteiger partial charge < -0.3 is 5.11 Å². The Kier molecular flexibility index (Phi) is 3.47. The summed E-state index contributed by atoms with van der Waals surface area (Å²) in [5.41, 5.74) is 2.19. The van der Waals surface area contributed by atoms with E-state index in [9.17, 15) is 14.7 Å². The first-order chi connectivity index (χ1) is 10.6. The summed E-state index contributed by atoms with van der Waals surface area (Å²) in [6.07, 6.45) is 1.59. The maximum absolute atomic E-state index is 12.5. The van der Waals surface area contributed by atoms with E-state index in [-0.39, 0.29) is 12.1 Å². The molecule has 2 amide bonds. The Balaban J connectivity index is 1.92. The van der Waals surface area contributed by atoms with Crippen molar-refractivity contribution in [1.82, 2.24) is 9.88 Å². The summed E-state index contributed by atoms with van der Waals surface area (Å²) in [7, 11) is 0. The molecule has 1 aliphatic heterocycles. The average Bonchev–Trinajstić information content (AvgIpc) is 2.73. The molecule has 0 unspecified atom stereocenters. The highest BCUT2D eigenvalue weighted by Crippen LogP contribution is 2.29. The van der Waals surface area contributed by atoms with Crippen LogP contribution in [0.5, 0.6) is 0 Å². The van der Waals surface area contributed by atoms with E-state index in [0.717, 1.165) is 10.5 Å². The number of aryl methyl sites for hydroxylation is 1. The van der Waals surface area contributed by atoms with Gasteiger partial charge in [-0.3, -0.25) is 19.5 Å². The van der Waals surface area contributed by atoms with Gasteiger partial charge in [-0.25, -0.2) is 0 Å². The molecule has 0 spiro atoms. The molecule has 0 aliphatic carbocycles. The van der Waals surface area contributed by atoms with Crippen LogP contribution in [0.1, 0.15) is 16.8 Å². The van der Waals surface area contributed by atoms with Crippen LogP contribution in [-0.4, -0.2) is 26.8 Å². The van der Waals surface area contributed by atoms with Gasteiger partial charge in [0.2, 0.25) is 0 Å². The number of benzene rings is 1. The van der Waals surface area contributed by atoms with Crippen molar-refractivity contribution in [2.45, 2.75) is 13.5 Å². The summed E-state index contributed by atoms with van der Waals surface area (Å²) in [6, 6.07) is 12.4. The van der Waals surface area contributed by atoms with Crippen LogP contribution in [0, 0.1) is 6.92 Å². The molecule has 5 nitrogen and oxygen atoms in total. The molecular weight excluding hydrogens is 280 g/mol. The van der Waals surface area contributed by atoms with Crippen LogP contribution in [0.2, 0.25) is 0 Å². The van der Waals surface area contributed by atoms with Gasteiger partial charge in [0.25, 0.3) is 11.8 Å². The smallest absolute Gasteiger partial charge is 0.296 e. The number of aromatic nitrogens is 1. The van der Waals surface area contributed by atoms with Crippen LogP contribution in [0.15, 0.2) is 54.4 Å². The van der Waals surface area contributed by atoms with E-state index < -0.39 is 17.6 Å². The molecule has 2 heterocycles. The second-order valence-electron chi connectivity index (χ2n) is 5.11. The number of amides is 2. The first-order valence-corrected chi connectivity index (χ1v) is 6.84. The fourth-order valence-corrected chi connectivity index (χ4v) is 2.34. The summed E-state index contributed by atoms with van der Waals surface area (Å²) in [5.74, 6) is -1.70. The Labute approximate surface area is 127 Å². The highest BCUT2D eigenvalue weighted by atomic mass is 16.3. The van der Waals surface area contributed by atoms with Gasteiger partial charge in [0.1, 0.15) is 0 Å². The van der Waals surface area contributed by atoms with Crippen LogP contribution < -0.4 is 0 Å². The third-order valence-electron chi connectivity index (χ3n) is 3.53. The third-order valence-corrected chi connectivity index (χ3v) is 3.53. The van der Waals surface area contributed by atoms with Crippen LogP contribution in [0.4, 0.5) is 0 Å². The summed E-state index contributed by atoms with van der Waals surface area (Å²) < 4.78 is 0. The molecule has 0 radical (unpaired) electrons. The minimum atomic E-state index is -0.689. The summed E-state index contributed by atoms with van der Waals surface area (Å²) in [6.45, 7) is 1.96. The maximum atomic E-state index is 12.5. The Morgan fingerprint density at radius 1 is 1.05 bits per heavy atom.